The van der Waals surface area contributed by atoms with E-state index in [0.29, 0.717) is 5.88 Å². The molecular weight excluding hydrogens is 339 g/mol. The van der Waals surface area contributed by atoms with Crippen molar-refractivity contribution in [1.82, 2.24) is 10.3 Å². The summed E-state index contributed by atoms with van der Waals surface area (Å²) >= 11 is 2.25. The Labute approximate surface area is 121 Å². The normalized spacial score (nSPS) is 12.2. The molecule has 1 aromatic heterocycles. The number of benzene rings is 1. The van der Waals surface area contributed by atoms with Gasteiger partial charge in [-0.2, -0.15) is 0 Å². The van der Waals surface area contributed by atoms with Crippen LogP contribution >= 0.6 is 22.6 Å². The number of halogens is 1. The lowest BCUT2D eigenvalue weighted by Crippen LogP contribution is -2.12. The number of ether oxygens (including phenoxy) is 1. The first-order valence-corrected chi connectivity index (χ1v) is 6.84. The highest BCUT2D eigenvalue weighted by atomic mass is 127. The second-order valence-electron chi connectivity index (χ2n) is 3.97. The molecule has 0 bridgehead atoms. The third-order valence-corrected chi connectivity index (χ3v) is 3.63. The molecule has 0 spiro atoms. The molecule has 1 atom stereocenters. The summed E-state index contributed by atoms with van der Waals surface area (Å²) in [5.41, 5.74) is 1.16. The minimum atomic E-state index is 0.283. The Bertz CT molecular complexity index is 531. The monoisotopic (exact) mass is 354 g/mol. The van der Waals surface area contributed by atoms with Crippen LogP contribution in [0.3, 0.4) is 0 Å². The molecule has 0 radical (unpaired) electrons. The minimum Gasteiger partial charge on any atom is -0.438 e. The van der Waals surface area contributed by atoms with E-state index < -0.39 is 0 Å². The predicted molar refractivity (Wildman–Crippen MR) is 80.9 cm³/mol. The molecule has 0 aliphatic heterocycles. The summed E-state index contributed by atoms with van der Waals surface area (Å²) in [5.74, 6) is 1.46. The summed E-state index contributed by atoms with van der Waals surface area (Å²) < 4.78 is 6.87. The van der Waals surface area contributed by atoms with Crippen LogP contribution < -0.4 is 10.1 Å². The van der Waals surface area contributed by atoms with Gasteiger partial charge >= 0.3 is 0 Å². The van der Waals surface area contributed by atoms with Crippen LogP contribution in [-0.2, 0) is 0 Å². The average Bonchev–Trinajstić information content (AvgIpc) is 2.41. The van der Waals surface area contributed by atoms with Crippen LogP contribution in [0.25, 0.3) is 0 Å². The van der Waals surface area contributed by atoms with Crippen molar-refractivity contribution in [3.63, 3.8) is 0 Å². The van der Waals surface area contributed by atoms with Crippen LogP contribution in [0.4, 0.5) is 0 Å². The molecule has 18 heavy (non-hydrogen) atoms. The van der Waals surface area contributed by atoms with Crippen LogP contribution in [0.5, 0.6) is 11.6 Å². The van der Waals surface area contributed by atoms with Gasteiger partial charge in [-0.1, -0.05) is 12.1 Å². The number of rotatable bonds is 4. The zero-order chi connectivity index (χ0) is 13.0. The van der Waals surface area contributed by atoms with E-state index in [0.717, 1.165) is 14.9 Å². The predicted octanol–water partition coefficient (Wildman–Crippen LogP) is 3.76. The molecule has 2 aromatic rings. The molecule has 1 unspecified atom stereocenters. The van der Waals surface area contributed by atoms with Gasteiger partial charge in [0.1, 0.15) is 5.75 Å². The van der Waals surface area contributed by atoms with E-state index >= 15 is 0 Å². The second-order valence-corrected chi connectivity index (χ2v) is 5.13. The molecule has 0 aliphatic carbocycles. The number of hydrogen-bond donors (Lipinski definition) is 1. The van der Waals surface area contributed by atoms with Gasteiger partial charge in [0.2, 0.25) is 5.88 Å². The summed E-state index contributed by atoms with van der Waals surface area (Å²) in [5, 5.41) is 3.20. The molecule has 1 aromatic carbocycles. The third kappa shape index (κ3) is 3.20. The molecule has 2 rings (SSSR count). The smallest absolute Gasteiger partial charge is 0.219 e. The number of nitrogens with zero attached hydrogens (tertiary/aromatic N) is 1. The maximum atomic E-state index is 5.80. The van der Waals surface area contributed by atoms with Gasteiger partial charge in [-0.15, -0.1) is 0 Å². The van der Waals surface area contributed by atoms with E-state index in [2.05, 4.69) is 39.8 Å². The quantitative estimate of drug-likeness (QED) is 0.849. The lowest BCUT2D eigenvalue weighted by atomic mass is 10.1. The van der Waals surface area contributed by atoms with Gasteiger partial charge in [0.05, 0.1) is 3.57 Å². The zero-order valence-electron chi connectivity index (χ0n) is 10.4. The summed E-state index contributed by atoms with van der Waals surface area (Å²) in [6.45, 7) is 2.10. The van der Waals surface area contributed by atoms with Gasteiger partial charge in [0, 0.05) is 18.3 Å². The van der Waals surface area contributed by atoms with Gasteiger partial charge in [-0.25, -0.2) is 4.98 Å². The first-order chi connectivity index (χ1) is 8.70. The molecule has 1 heterocycles. The van der Waals surface area contributed by atoms with Crippen molar-refractivity contribution in [2.45, 2.75) is 13.0 Å². The number of para-hydroxylation sites is 1. The standard InChI is InChI=1S/C14H15IN2O/c1-10(16-2)11-7-8-17-14(9-11)18-13-6-4-3-5-12(13)15/h3-10,16H,1-2H3. The second kappa shape index (κ2) is 6.15. The Balaban J connectivity index is 2.22. The molecule has 0 aliphatic rings. The first-order valence-electron chi connectivity index (χ1n) is 5.76. The van der Waals surface area contributed by atoms with Crippen molar-refractivity contribution in [3.05, 3.63) is 51.7 Å². The van der Waals surface area contributed by atoms with Gasteiger partial charge < -0.3 is 10.1 Å². The van der Waals surface area contributed by atoms with Gasteiger partial charge in [-0.3, -0.25) is 0 Å². The molecule has 0 saturated heterocycles. The van der Waals surface area contributed by atoms with Gasteiger partial charge in [0.15, 0.2) is 0 Å². The molecule has 1 N–H and O–H groups in total. The molecule has 0 saturated carbocycles. The Morgan fingerprint density at radius 1 is 1.28 bits per heavy atom. The van der Waals surface area contributed by atoms with Crippen molar-refractivity contribution in [1.29, 1.82) is 0 Å². The molecule has 0 fully saturated rings. The molecule has 94 valence electrons. The number of aromatic nitrogens is 1. The number of pyridine rings is 1. The maximum absolute atomic E-state index is 5.80. The summed E-state index contributed by atoms with van der Waals surface area (Å²) in [6, 6.07) is 12.1. The maximum Gasteiger partial charge on any atom is 0.219 e. The van der Waals surface area contributed by atoms with E-state index in [1.165, 1.54) is 0 Å². The summed E-state index contributed by atoms with van der Waals surface area (Å²) in [6.07, 6.45) is 1.77. The van der Waals surface area contributed by atoms with Crippen LogP contribution in [0.2, 0.25) is 0 Å². The van der Waals surface area contributed by atoms with Crippen molar-refractivity contribution >= 4 is 22.6 Å². The Hall–Kier alpha value is -1.14. The Kier molecular flexibility index (Phi) is 4.54. The lowest BCUT2D eigenvalue weighted by molar-refractivity contribution is 0.457. The molecular formula is C14H15IN2O. The van der Waals surface area contributed by atoms with E-state index in [9.17, 15) is 0 Å². The number of nitrogens with one attached hydrogen (secondary N) is 1. The fourth-order valence-corrected chi connectivity index (χ4v) is 2.05. The van der Waals surface area contributed by atoms with E-state index in [1.807, 2.05) is 43.4 Å². The van der Waals surface area contributed by atoms with Crippen molar-refractivity contribution in [3.8, 4) is 11.6 Å². The van der Waals surface area contributed by atoms with Crippen LogP contribution in [0, 0.1) is 3.57 Å². The molecule has 3 nitrogen and oxygen atoms in total. The van der Waals surface area contributed by atoms with Crippen molar-refractivity contribution < 1.29 is 4.74 Å². The van der Waals surface area contributed by atoms with Gasteiger partial charge in [-0.05, 0) is 60.3 Å². The van der Waals surface area contributed by atoms with Crippen LogP contribution in [0.15, 0.2) is 42.6 Å². The van der Waals surface area contributed by atoms with Crippen molar-refractivity contribution in [2.75, 3.05) is 7.05 Å². The van der Waals surface area contributed by atoms with Crippen LogP contribution in [-0.4, -0.2) is 12.0 Å². The zero-order valence-corrected chi connectivity index (χ0v) is 12.5. The largest absolute Gasteiger partial charge is 0.438 e. The molecule has 4 heteroatoms. The van der Waals surface area contributed by atoms with Gasteiger partial charge in [0.25, 0.3) is 0 Å². The van der Waals surface area contributed by atoms with E-state index in [1.54, 1.807) is 6.20 Å². The minimum absolute atomic E-state index is 0.283. The van der Waals surface area contributed by atoms with E-state index in [4.69, 9.17) is 4.74 Å². The summed E-state index contributed by atoms with van der Waals surface area (Å²) in [4.78, 5) is 4.24. The SMILES string of the molecule is CNC(C)c1ccnc(Oc2ccccc2I)c1. The lowest BCUT2D eigenvalue weighted by Gasteiger charge is -2.12. The van der Waals surface area contributed by atoms with Crippen molar-refractivity contribution in [2.24, 2.45) is 0 Å². The summed E-state index contributed by atoms with van der Waals surface area (Å²) in [7, 11) is 1.94. The molecule has 0 amide bonds. The van der Waals surface area contributed by atoms with Crippen LogP contribution in [0.1, 0.15) is 18.5 Å². The van der Waals surface area contributed by atoms with E-state index in [-0.39, 0.29) is 6.04 Å². The fourth-order valence-electron chi connectivity index (χ4n) is 1.56. The number of hydrogen-bond acceptors (Lipinski definition) is 3. The Morgan fingerprint density at radius 2 is 2.06 bits per heavy atom. The highest BCUT2D eigenvalue weighted by Gasteiger charge is 2.06. The topological polar surface area (TPSA) is 34.2 Å². The Morgan fingerprint density at radius 3 is 2.78 bits per heavy atom. The first kappa shape index (κ1) is 13.3. The fraction of sp³-hybridized carbons (Fsp3) is 0.214. The highest BCUT2D eigenvalue weighted by molar-refractivity contribution is 14.1. The third-order valence-electron chi connectivity index (χ3n) is 2.74. The average molecular weight is 354 g/mol. The highest BCUT2D eigenvalue weighted by Crippen LogP contribution is 2.26.